The van der Waals surface area contributed by atoms with Crippen molar-refractivity contribution in [3.05, 3.63) is 114 Å². The minimum Gasteiger partial charge on any atom is -0.478 e. The van der Waals surface area contributed by atoms with Gasteiger partial charge in [0, 0.05) is 11.6 Å². The van der Waals surface area contributed by atoms with Crippen molar-refractivity contribution < 1.29 is 27.9 Å². The highest BCUT2D eigenvalue weighted by atomic mass is 32.2. The lowest BCUT2D eigenvalue weighted by Crippen LogP contribution is -2.19. The van der Waals surface area contributed by atoms with E-state index in [1.165, 1.54) is 48.5 Å². The Kier molecular flexibility index (Phi) is 6.37. The van der Waals surface area contributed by atoms with Crippen LogP contribution in [0.25, 0.3) is 11.1 Å². The molecule has 0 radical (unpaired) electrons. The Hall–Kier alpha value is -4.63. The van der Waals surface area contributed by atoms with Gasteiger partial charge in [-0.2, -0.15) is 0 Å². The van der Waals surface area contributed by atoms with E-state index in [1.54, 1.807) is 0 Å². The van der Waals surface area contributed by atoms with Crippen molar-refractivity contribution in [3.8, 4) is 11.1 Å². The molecule has 4 aromatic rings. The van der Waals surface area contributed by atoms with Gasteiger partial charge in [0.05, 0.1) is 16.1 Å². The average Bonchev–Trinajstić information content (AvgIpc) is 3.21. The molecule has 4 aromatic carbocycles. The molecule has 0 aromatic heterocycles. The maximum Gasteiger partial charge on any atom is 0.411 e. The largest absolute Gasteiger partial charge is 0.478 e. The lowest BCUT2D eigenvalue weighted by Gasteiger charge is -2.15. The summed E-state index contributed by atoms with van der Waals surface area (Å²) in [5.74, 6) is -1.37. The molecule has 0 fully saturated rings. The number of anilines is 2. The van der Waals surface area contributed by atoms with E-state index in [1.807, 2.05) is 48.5 Å². The molecule has 1 aliphatic rings. The number of rotatable bonds is 7. The van der Waals surface area contributed by atoms with Gasteiger partial charge in [0.15, 0.2) is 0 Å². The molecule has 0 spiro atoms. The zero-order valence-corrected chi connectivity index (χ0v) is 20.2. The Labute approximate surface area is 213 Å². The molecule has 5 rings (SSSR count). The van der Waals surface area contributed by atoms with Crippen LogP contribution in [0.4, 0.5) is 16.2 Å². The summed E-state index contributed by atoms with van der Waals surface area (Å²) < 4.78 is 33.6. The fraction of sp³-hybridized carbons (Fsp3) is 0.0714. The SMILES string of the molecule is O=C(Nc1cccc(S(=O)(=O)Nc2ccccc2C(=O)O)c1)OCC1c2ccccc2-c2ccccc21. The number of hydrogen-bond acceptors (Lipinski definition) is 5. The zero-order valence-electron chi connectivity index (χ0n) is 19.4. The van der Waals surface area contributed by atoms with E-state index in [-0.39, 0.29) is 34.4 Å². The number of sulfonamides is 1. The van der Waals surface area contributed by atoms with Crippen LogP contribution in [-0.4, -0.2) is 32.2 Å². The van der Waals surface area contributed by atoms with Crippen LogP contribution in [0.2, 0.25) is 0 Å². The number of carbonyl (C=O) groups is 2. The van der Waals surface area contributed by atoms with E-state index < -0.39 is 22.1 Å². The van der Waals surface area contributed by atoms with E-state index in [9.17, 15) is 23.1 Å². The first-order valence-corrected chi connectivity index (χ1v) is 12.9. The molecule has 37 heavy (non-hydrogen) atoms. The second-order valence-corrected chi connectivity index (χ2v) is 10.1. The molecule has 8 nitrogen and oxygen atoms in total. The van der Waals surface area contributed by atoms with Crippen LogP contribution in [0, 0.1) is 0 Å². The van der Waals surface area contributed by atoms with Crippen molar-refractivity contribution in [1.82, 2.24) is 0 Å². The molecule has 3 N–H and O–H groups in total. The predicted octanol–water partition coefficient (Wildman–Crippen LogP) is 5.55. The van der Waals surface area contributed by atoms with Crippen LogP contribution in [0.1, 0.15) is 27.4 Å². The van der Waals surface area contributed by atoms with Crippen LogP contribution in [0.15, 0.2) is 102 Å². The Balaban J connectivity index is 1.28. The highest BCUT2D eigenvalue weighted by molar-refractivity contribution is 7.92. The van der Waals surface area contributed by atoms with Gasteiger partial charge in [-0.25, -0.2) is 18.0 Å². The number of aromatic carboxylic acids is 1. The molecule has 1 aliphatic carbocycles. The molecule has 0 saturated carbocycles. The smallest absolute Gasteiger partial charge is 0.411 e. The van der Waals surface area contributed by atoms with Crippen LogP contribution in [0.5, 0.6) is 0 Å². The standard InChI is InChI=1S/C28H22N2O6S/c31-27(32)24-14-5-6-15-26(24)30-37(34,35)19-9-7-8-18(16-19)29-28(33)36-17-25-22-12-3-1-10-20(22)21-11-2-4-13-23(21)25/h1-16,25,30H,17H2,(H,29,33)(H,31,32). The van der Waals surface area contributed by atoms with E-state index in [0.717, 1.165) is 22.3 Å². The van der Waals surface area contributed by atoms with Crippen LogP contribution >= 0.6 is 0 Å². The first-order chi connectivity index (χ1) is 17.8. The van der Waals surface area contributed by atoms with Crippen molar-refractivity contribution in [2.24, 2.45) is 0 Å². The number of fused-ring (bicyclic) bond motifs is 3. The van der Waals surface area contributed by atoms with Crippen molar-refractivity contribution >= 4 is 33.5 Å². The maximum atomic E-state index is 12.9. The molecule has 0 saturated heterocycles. The predicted molar refractivity (Wildman–Crippen MR) is 139 cm³/mol. The second-order valence-electron chi connectivity index (χ2n) is 8.43. The lowest BCUT2D eigenvalue weighted by molar-refractivity contribution is 0.0698. The van der Waals surface area contributed by atoms with Gasteiger partial charge in [0.2, 0.25) is 0 Å². The molecule has 0 atom stereocenters. The quantitative estimate of drug-likeness (QED) is 0.297. The van der Waals surface area contributed by atoms with Gasteiger partial charge >= 0.3 is 12.1 Å². The van der Waals surface area contributed by atoms with Crippen molar-refractivity contribution in [1.29, 1.82) is 0 Å². The number of benzene rings is 4. The van der Waals surface area contributed by atoms with E-state index in [4.69, 9.17) is 4.74 Å². The molecule has 0 bridgehead atoms. The summed E-state index contributed by atoms with van der Waals surface area (Å²) >= 11 is 0. The second kappa shape index (κ2) is 9.79. The highest BCUT2D eigenvalue weighted by Gasteiger charge is 2.29. The van der Waals surface area contributed by atoms with Gasteiger partial charge in [-0.3, -0.25) is 10.0 Å². The summed E-state index contributed by atoms with van der Waals surface area (Å²) in [6.07, 6.45) is -0.722. The Morgan fingerprint density at radius 1 is 0.811 bits per heavy atom. The van der Waals surface area contributed by atoms with Gasteiger partial charge in [0.1, 0.15) is 6.61 Å². The summed E-state index contributed by atoms with van der Waals surface area (Å²) in [6.45, 7) is 0.116. The van der Waals surface area contributed by atoms with Crippen LogP contribution in [0.3, 0.4) is 0 Å². The van der Waals surface area contributed by atoms with Gasteiger partial charge < -0.3 is 9.84 Å². The number of carboxylic acids is 1. The molecule has 0 aliphatic heterocycles. The van der Waals surface area contributed by atoms with Crippen molar-refractivity contribution in [2.75, 3.05) is 16.6 Å². The normalized spacial score (nSPS) is 12.3. The van der Waals surface area contributed by atoms with E-state index >= 15 is 0 Å². The van der Waals surface area contributed by atoms with Crippen LogP contribution < -0.4 is 10.0 Å². The van der Waals surface area contributed by atoms with Gasteiger partial charge in [-0.05, 0) is 52.6 Å². The summed E-state index contributed by atoms with van der Waals surface area (Å²) in [6, 6.07) is 27.3. The number of amides is 1. The number of hydrogen-bond donors (Lipinski definition) is 3. The monoisotopic (exact) mass is 514 g/mol. The third-order valence-electron chi connectivity index (χ3n) is 6.14. The van der Waals surface area contributed by atoms with Gasteiger partial charge in [-0.15, -0.1) is 0 Å². The minimum atomic E-state index is -4.13. The first-order valence-electron chi connectivity index (χ1n) is 11.4. The molecular weight excluding hydrogens is 492 g/mol. The number of ether oxygens (including phenoxy) is 1. The molecule has 186 valence electrons. The Bertz CT molecular complexity index is 1570. The third-order valence-corrected chi connectivity index (χ3v) is 7.50. The maximum absolute atomic E-state index is 12.9. The molecule has 0 heterocycles. The van der Waals surface area contributed by atoms with Gasteiger partial charge in [0.25, 0.3) is 10.0 Å². The number of carboxylic acid groups (broad SMARTS) is 1. The average molecular weight is 515 g/mol. The number of para-hydroxylation sites is 1. The summed E-state index contributed by atoms with van der Waals surface area (Å²) in [4.78, 5) is 23.9. The minimum absolute atomic E-state index is 0.0649. The Morgan fingerprint density at radius 3 is 2.11 bits per heavy atom. The zero-order chi connectivity index (χ0) is 26.0. The lowest BCUT2D eigenvalue weighted by atomic mass is 9.98. The first kappa shape index (κ1) is 24.1. The molecule has 1 amide bonds. The number of nitrogens with one attached hydrogen (secondary N) is 2. The van der Waals surface area contributed by atoms with E-state index in [0.29, 0.717) is 0 Å². The van der Waals surface area contributed by atoms with Crippen LogP contribution in [-0.2, 0) is 14.8 Å². The topological polar surface area (TPSA) is 122 Å². The Morgan fingerprint density at radius 2 is 1.43 bits per heavy atom. The van der Waals surface area contributed by atoms with E-state index in [2.05, 4.69) is 10.0 Å². The van der Waals surface area contributed by atoms with Crippen molar-refractivity contribution in [3.63, 3.8) is 0 Å². The highest BCUT2D eigenvalue weighted by Crippen LogP contribution is 2.44. The fourth-order valence-corrected chi connectivity index (χ4v) is 5.58. The fourth-order valence-electron chi connectivity index (χ4n) is 4.46. The molecular formula is C28H22N2O6S. The van der Waals surface area contributed by atoms with Gasteiger partial charge in [-0.1, -0.05) is 66.7 Å². The van der Waals surface area contributed by atoms with Crippen molar-refractivity contribution in [2.45, 2.75) is 10.8 Å². The summed E-state index contributed by atoms with van der Waals surface area (Å²) in [7, 11) is -4.13. The summed E-state index contributed by atoms with van der Waals surface area (Å²) in [5, 5.41) is 11.9. The molecule has 0 unspecified atom stereocenters. The number of carbonyl (C=O) groups excluding carboxylic acids is 1. The third kappa shape index (κ3) is 4.89. The molecule has 9 heteroatoms. The summed E-state index contributed by atoms with van der Waals surface area (Å²) in [5.41, 5.74) is 4.36.